The standard InChI is InChI=1S/C43H40N4O8S2/c1-54-33-14-12-22(17-30(33)49)35-38(43(46-15-16-57-39(35)46)25-8-4-6-10-27(25)45-41(43)53)32(51)19-31(50)36-28-20-56-21-47(28)42(24-7-3-5-9-26(24)44-40(42)52)37(36)23-11-13-29(48)34(18-23)55-2/h3-14,17-19,28,35-39,48-49,51H,15-16,20-21H2,1-2H3,(H,44,52)(H,45,53)/b32-19-. The molecule has 0 saturated carbocycles. The summed E-state index contributed by atoms with van der Waals surface area (Å²) in [5, 5.41) is 40.4. The fraction of sp³-hybridized carbons (Fsp3) is 0.326. The summed E-state index contributed by atoms with van der Waals surface area (Å²) in [7, 11) is 2.93. The number of ether oxygens (including phenoxy) is 2. The van der Waals surface area contributed by atoms with Crippen molar-refractivity contribution in [3.05, 3.63) is 119 Å². The fourth-order valence-corrected chi connectivity index (χ4v) is 13.8. The predicted molar refractivity (Wildman–Crippen MR) is 217 cm³/mol. The molecule has 5 N–H and O–H groups in total. The van der Waals surface area contributed by atoms with Crippen molar-refractivity contribution in [3.63, 3.8) is 0 Å². The van der Waals surface area contributed by atoms with Gasteiger partial charge in [0, 0.05) is 76.3 Å². The van der Waals surface area contributed by atoms with Gasteiger partial charge in [0.15, 0.2) is 28.8 Å². The van der Waals surface area contributed by atoms with E-state index in [0.717, 1.165) is 11.3 Å². The van der Waals surface area contributed by atoms with Crippen LogP contribution in [0.5, 0.6) is 23.0 Å². The van der Waals surface area contributed by atoms with Crippen LogP contribution in [0.3, 0.4) is 0 Å². The van der Waals surface area contributed by atoms with Crippen LogP contribution < -0.4 is 20.1 Å². The summed E-state index contributed by atoms with van der Waals surface area (Å²) >= 11 is 3.33. The van der Waals surface area contributed by atoms with Crippen LogP contribution in [0, 0.1) is 11.8 Å². The van der Waals surface area contributed by atoms with Crippen LogP contribution in [0.25, 0.3) is 0 Å². The van der Waals surface area contributed by atoms with Crippen molar-refractivity contribution in [2.45, 2.75) is 34.3 Å². The summed E-state index contributed by atoms with van der Waals surface area (Å²) in [6.07, 6.45) is 1.30. The molecule has 6 aliphatic rings. The lowest BCUT2D eigenvalue weighted by molar-refractivity contribution is -0.128. The SMILES string of the molecule is COc1ccc(C2C3SCCN3C3(C(=O)Nc4ccccc43)C2/C(O)=C/C(=O)C2C3CSCN3C3(C(=O)Nc4ccccc43)C2c2ccc(O)c(OC)c2)cc1O. The molecule has 10 rings (SSSR count). The summed E-state index contributed by atoms with van der Waals surface area (Å²) in [6.45, 7) is 0.562. The van der Waals surface area contributed by atoms with Gasteiger partial charge in [-0.05, 0) is 47.5 Å². The number of nitrogens with one attached hydrogen (secondary N) is 2. The molecule has 292 valence electrons. The maximum Gasteiger partial charge on any atom is 0.250 e. The highest BCUT2D eigenvalue weighted by Crippen LogP contribution is 2.65. The number of carbonyl (C=O) groups excluding carboxylic acids is 3. The van der Waals surface area contributed by atoms with E-state index in [1.165, 1.54) is 26.4 Å². The third-order valence-corrected chi connectivity index (χ3v) is 15.4. The van der Waals surface area contributed by atoms with Crippen molar-refractivity contribution in [2.75, 3.05) is 48.8 Å². The molecule has 0 bridgehead atoms. The Morgan fingerprint density at radius 1 is 0.825 bits per heavy atom. The van der Waals surface area contributed by atoms with E-state index >= 15 is 4.79 Å². The molecule has 8 atom stereocenters. The highest BCUT2D eigenvalue weighted by molar-refractivity contribution is 8.00. The molecule has 4 fully saturated rings. The number of allylic oxidation sites excluding steroid dienone is 1. The molecule has 2 amide bonds. The first-order valence-electron chi connectivity index (χ1n) is 18.9. The number of anilines is 2. The Balaban J connectivity index is 1.16. The number of methoxy groups -OCH3 is 2. The number of carbonyl (C=O) groups is 3. The van der Waals surface area contributed by atoms with Gasteiger partial charge in [-0.15, -0.1) is 23.5 Å². The molecule has 4 aromatic rings. The minimum atomic E-state index is -1.37. The van der Waals surface area contributed by atoms with Crippen molar-refractivity contribution in [1.29, 1.82) is 0 Å². The lowest BCUT2D eigenvalue weighted by Crippen LogP contribution is -2.51. The molecule has 12 nitrogen and oxygen atoms in total. The van der Waals surface area contributed by atoms with Crippen LogP contribution in [0.4, 0.5) is 11.4 Å². The first-order valence-corrected chi connectivity index (χ1v) is 21.1. The van der Waals surface area contributed by atoms with Crippen LogP contribution in [-0.2, 0) is 25.5 Å². The van der Waals surface area contributed by atoms with Gasteiger partial charge in [-0.3, -0.25) is 24.2 Å². The average Bonchev–Trinajstić information content (AvgIpc) is 4.05. The van der Waals surface area contributed by atoms with Gasteiger partial charge in [-0.2, -0.15) is 0 Å². The van der Waals surface area contributed by atoms with Crippen LogP contribution in [0.15, 0.2) is 96.8 Å². The van der Waals surface area contributed by atoms with E-state index in [4.69, 9.17) is 9.47 Å². The van der Waals surface area contributed by atoms with Crippen molar-refractivity contribution in [2.24, 2.45) is 11.8 Å². The summed E-state index contributed by atoms with van der Waals surface area (Å²) in [4.78, 5) is 49.0. The van der Waals surface area contributed by atoms with Gasteiger partial charge in [-0.25, -0.2) is 0 Å². The number of thioether (sulfide) groups is 2. The zero-order chi connectivity index (χ0) is 39.4. The summed E-state index contributed by atoms with van der Waals surface area (Å²) in [5.41, 5.74) is 1.46. The molecular weight excluding hydrogens is 765 g/mol. The number of aliphatic hydroxyl groups excluding tert-OH is 1. The number of nitrogens with zero attached hydrogens (tertiary/aromatic N) is 2. The molecule has 57 heavy (non-hydrogen) atoms. The highest BCUT2D eigenvalue weighted by Gasteiger charge is 2.71. The Bertz CT molecular complexity index is 2410. The largest absolute Gasteiger partial charge is 0.512 e. The first kappa shape index (κ1) is 36.2. The number of hydrogen-bond acceptors (Lipinski definition) is 12. The third kappa shape index (κ3) is 4.81. The van der Waals surface area contributed by atoms with Gasteiger partial charge in [0.25, 0.3) is 0 Å². The van der Waals surface area contributed by atoms with Gasteiger partial charge in [0.2, 0.25) is 11.8 Å². The van der Waals surface area contributed by atoms with Crippen LogP contribution in [0.2, 0.25) is 0 Å². The van der Waals surface area contributed by atoms with E-state index in [2.05, 4.69) is 20.4 Å². The topological polar surface area (TPSA) is 161 Å². The van der Waals surface area contributed by atoms with Gasteiger partial charge in [-0.1, -0.05) is 48.5 Å². The number of rotatable bonds is 7. The van der Waals surface area contributed by atoms with Gasteiger partial charge >= 0.3 is 0 Å². The zero-order valence-corrected chi connectivity index (χ0v) is 32.7. The molecule has 14 heteroatoms. The summed E-state index contributed by atoms with van der Waals surface area (Å²) < 4.78 is 10.9. The quantitative estimate of drug-likeness (QED) is 0.115. The number of para-hydroxylation sites is 2. The normalized spacial score (nSPS) is 31.3. The molecule has 0 aliphatic carbocycles. The van der Waals surface area contributed by atoms with E-state index < -0.39 is 40.8 Å². The maximum absolute atomic E-state index is 15.4. The van der Waals surface area contributed by atoms with Crippen molar-refractivity contribution in [1.82, 2.24) is 9.80 Å². The van der Waals surface area contributed by atoms with Gasteiger partial charge in [0.05, 0.1) is 25.5 Å². The number of benzene rings is 4. The third-order valence-electron chi connectivity index (χ3n) is 13.0. The second-order valence-corrected chi connectivity index (χ2v) is 17.6. The smallest absolute Gasteiger partial charge is 0.250 e. The first-order chi connectivity index (χ1) is 27.7. The maximum atomic E-state index is 15.4. The molecule has 8 unspecified atom stereocenters. The van der Waals surface area contributed by atoms with E-state index in [1.807, 2.05) is 54.6 Å². The Labute approximate surface area is 337 Å². The monoisotopic (exact) mass is 804 g/mol. The average molecular weight is 805 g/mol. The van der Waals surface area contributed by atoms with Crippen molar-refractivity contribution < 1.29 is 39.2 Å². The van der Waals surface area contributed by atoms with E-state index in [1.54, 1.807) is 47.8 Å². The number of aliphatic hydroxyl groups is 1. The molecule has 0 radical (unpaired) electrons. The number of fused-ring (bicyclic) bond motifs is 8. The molecule has 4 saturated heterocycles. The Hall–Kier alpha value is -5.15. The molecule has 4 aromatic carbocycles. The fourth-order valence-electron chi connectivity index (χ4n) is 11.0. The van der Waals surface area contributed by atoms with Crippen LogP contribution >= 0.6 is 23.5 Å². The summed E-state index contributed by atoms with van der Waals surface area (Å²) in [5.74, 6) is -2.05. The second kappa shape index (κ2) is 13.2. The highest BCUT2D eigenvalue weighted by atomic mass is 32.2. The number of phenolic OH excluding ortho intramolecular Hbond substituents is 2. The minimum Gasteiger partial charge on any atom is -0.512 e. The molecule has 2 spiro atoms. The Kier molecular flexibility index (Phi) is 8.38. The van der Waals surface area contributed by atoms with E-state index in [-0.39, 0.29) is 46.0 Å². The molecule has 6 heterocycles. The van der Waals surface area contributed by atoms with Gasteiger partial charge < -0.3 is 35.4 Å². The van der Waals surface area contributed by atoms with Crippen LogP contribution in [0.1, 0.15) is 34.1 Å². The van der Waals surface area contributed by atoms with Crippen LogP contribution in [-0.4, -0.2) is 92.3 Å². The van der Waals surface area contributed by atoms with E-state index in [9.17, 15) is 24.9 Å². The summed E-state index contributed by atoms with van der Waals surface area (Å²) in [6, 6.07) is 24.7. The lowest BCUT2D eigenvalue weighted by Gasteiger charge is -2.37. The minimum absolute atomic E-state index is 0.0718. The number of hydrogen-bond donors (Lipinski definition) is 5. The molecule has 0 aromatic heterocycles. The van der Waals surface area contributed by atoms with Crippen molar-refractivity contribution >= 4 is 52.5 Å². The predicted octanol–water partition coefficient (Wildman–Crippen LogP) is 5.70. The van der Waals surface area contributed by atoms with E-state index in [0.29, 0.717) is 52.0 Å². The van der Waals surface area contributed by atoms with Crippen molar-refractivity contribution in [3.8, 4) is 23.0 Å². The zero-order valence-electron chi connectivity index (χ0n) is 31.0. The second-order valence-electron chi connectivity index (χ2n) is 15.4. The van der Waals surface area contributed by atoms with Gasteiger partial charge in [0.1, 0.15) is 16.8 Å². The number of ketones is 1. The number of aromatic hydroxyl groups is 2. The Morgan fingerprint density at radius 2 is 1.49 bits per heavy atom. The Morgan fingerprint density at radius 3 is 2.19 bits per heavy atom. The lowest BCUT2D eigenvalue weighted by atomic mass is 9.69. The number of amides is 2. The molecular formula is C43H40N4O8S2. The number of phenols is 2. The molecule has 6 aliphatic heterocycles.